The van der Waals surface area contributed by atoms with Crippen molar-refractivity contribution in [3.05, 3.63) is 54.0 Å². The Bertz CT molecular complexity index is 619. The number of anilines is 1. The molecule has 1 saturated heterocycles. The Morgan fingerprint density at radius 1 is 1.23 bits per heavy atom. The third-order valence-corrected chi connectivity index (χ3v) is 4.18. The number of carbonyl (C=O) groups excluding carboxylic acids is 1. The summed E-state index contributed by atoms with van der Waals surface area (Å²) in [5.74, 6) is 1.11. The molecule has 0 bridgehead atoms. The Morgan fingerprint density at radius 3 is 2.68 bits per heavy atom. The van der Waals surface area contributed by atoms with Crippen LogP contribution in [-0.2, 0) is 6.42 Å². The number of rotatable bonds is 3. The molecule has 22 heavy (non-hydrogen) atoms. The number of piperidine rings is 1. The molecule has 3 rings (SSSR count). The van der Waals surface area contributed by atoms with Crippen molar-refractivity contribution in [3.63, 3.8) is 0 Å². The first-order valence-electron chi connectivity index (χ1n) is 7.62. The standard InChI is InChI=1S/C17H20N4O/c18-16-4-3-15(12-20-16)17(22)21-8-5-13(6-9-21)10-14-2-1-7-19-11-14/h1-4,7,11-13H,5-6,8-10H2,(H2,18,20). The van der Waals surface area contributed by atoms with Gasteiger partial charge in [0.1, 0.15) is 5.82 Å². The fourth-order valence-corrected chi connectivity index (χ4v) is 2.91. The van der Waals surface area contributed by atoms with Crippen molar-refractivity contribution in [2.45, 2.75) is 19.3 Å². The van der Waals surface area contributed by atoms with Crippen LogP contribution in [0.2, 0.25) is 0 Å². The SMILES string of the molecule is Nc1ccc(C(=O)N2CCC(Cc3cccnc3)CC2)cn1. The summed E-state index contributed by atoms with van der Waals surface area (Å²) in [6.45, 7) is 1.60. The van der Waals surface area contributed by atoms with E-state index in [1.54, 1.807) is 24.5 Å². The predicted octanol–water partition coefficient (Wildman–Crippen LogP) is 2.15. The van der Waals surface area contributed by atoms with Gasteiger partial charge in [-0.2, -0.15) is 0 Å². The molecule has 0 aromatic carbocycles. The topological polar surface area (TPSA) is 72.1 Å². The van der Waals surface area contributed by atoms with Crippen LogP contribution in [0.25, 0.3) is 0 Å². The van der Waals surface area contributed by atoms with Gasteiger partial charge in [-0.05, 0) is 48.9 Å². The van der Waals surface area contributed by atoms with Crippen molar-refractivity contribution in [2.75, 3.05) is 18.8 Å². The molecule has 1 aliphatic rings. The first-order valence-corrected chi connectivity index (χ1v) is 7.62. The number of hydrogen-bond acceptors (Lipinski definition) is 4. The molecule has 5 heteroatoms. The number of aromatic nitrogens is 2. The van der Waals surface area contributed by atoms with Crippen molar-refractivity contribution in [3.8, 4) is 0 Å². The van der Waals surface area contributed by atoms with Gasteiger partial charge in [0, 0.05) is 31.7 Å². The molecular formula is C17H20N4O. The van der Waals surface area contributed by atoms with Crippen molar-refractivity contribution in [2.24, 2.45) is 5.92 Å². The summed E-state index contributed by atoms with van der Waals surface area (Å²) in [5, 5.41) is 0. The van der Waals surface area contributed by atoms with E-state index in [-0.39, 0.29) is 5.91 Å². The third kappa shape index (κ3) is 3.42. The van der Waals surface area contributed by atoms with Crippen LogP contribution in [0.1, 0.15) is 28.8 Å². The second kappa shape index (κ2) is 6.56. The van der Waals surface area contributed by atoms with Gasteiger partial charge in [0.15, 0.2) is 0 Å². The molecule has 3 heterocycles. The smallest absolute Gasteiger partial charge is 0.255 e. The Labute approximate surface area is 130 Å². The normalized spacial score (nSPS) is 15.7. The fraction of sp³-hybridized carbons (Fsp3) is 0.353. The van der Waals surface area contributed by atoms with E-state index in [0.717, 1.165) is 32.4 Å². The highest BCUT2D eigenvalue weighted by Crippen LogP contribution is 2.22. The van der Waals surface area contributed by atoms with E-state index in [2.05, 4.69) is 16.0 Å². The summed E-state index contributed by atoms with van der Waals surface area (Å²) in [6, 6.07) is 7.50. The zero-order valence-corrected chi connectivity index (χ0v) is 12.5. The van der Waals surface area contributed by atoms with Crippen LogP contribution in [0.15, 0.2) is 42.9 Å². The van der Waals surface area contributed by atoms with E-state index in [1.807, 2.05) is 17.2 Å². The van der Waals surface area contributed by atoms with Crippen LogP contribution in [0.5, 0.6) is 0 Å². The number of nitrogens with zero attached hydrogens (tertiary/aromatic N) is 3. The monoisotopic (exact) mass is 296 g/mol. The van der Waals surface area contributed by atoms with E-state index >= 15 is 0 Å². The largest absolute Gasteiger partial charge is 0.384 e. The predicted molar refractivity (Wildman–Crippen MR) is 85.2 cm³/mol. The Balaban J connectivity index is 1.55. The minimum Gasteiger partial charge on any atom is -0.384 e. The van der Waals surface area contributed by atoms with Crippen LogP contribution in [0, 0.1) is 5.92 Å². The van der Waals surface area contributed by atoms with Crippen LogP contribution < -0.4 is 5.73 Å². The molecule has 2 aromatic rings. The Kier molecular flexibility index (Phi) is 4.32. The average molecular weight is 296 g/mol. The second-order valence-electron chi connectivity index (χ2n) is 5.77. The lowest BCUT2D eigenvalue weighted by Gasteiger charge is -2.32. The minimum absolute atomic E-state index is 0.0485. The van der Waals surface area contributed by atoms with Gasteiger partial charge in [0.05, 0.1) is 5.56 Å². The van der Waals surface area contributed by atoms with Crippen molar-refractivity contribution in [1.82, 2.24) is 14.9 Å². The molecule has 2 aromatic heterocycles. The molecule has 0 saturated carbocycles. The van der Waals surface area contributed by atoms with Gasteiger partial charge in [-0.15, -0.1) is 0 Å². The molecule has 0 unspecified atom stereocenters. The van der Waals surface area contributed by atoms with E-state index < -0.39 is 0 Å². The molecule has 1 amide bonds. The van der Waals surface area contributed by atoms with Gasteiger partial charge in [-0.3, -0.25) is 9.78 Å². The van der Waals surface area contributed by atoms with Crippen LogP contribution in [0.4, 0.5) is 5.82 Å². The molecule has 0 spiro atoms. The van der Waals surface area contributed by atoms with E-state index in [1.165, 1.54) is 5.56 Å². The summed E-state index contributed by atoms with van der Waals surface area (Å²) < 4.78 is 0. The average Bonchev–Trinajstić information content (AvgIpc) is 2.57. The summed E-state index contributed by atoms with van der Waals surface area (Å²) in [4.78, 5) is 22.5. The van der Waals surface area contributed by atoms with E-state index in [9.17, 15) is 4.79 Å². The van der Waals surface area contributed by atoms with Crippen LogP contribution >= 0.6 is 0 Å². The quantitative estimate of drug-likeness (QED) is 0.942. The van der Waals surface area contributed by atoms with Crippen LogP contribution in [0.3, 0.4) is 0 Å². The lowest BCUT2D eigenvalue weighted by atomic mass is 9.90. The number of nitrogen functional groups attached to an aromatic ring is 1. The number of likely N-dealkylation sites (tertiary alicyclic amines) is 1. The zero-order chi connectivity index (χ0) is 15.4. The maximum Gasteiger partial charge on any atom is 0.255 e. The van der Waals surface area contributed by atoms with Gasteiger partial charge in [-0.1, -0.05) is 6.07 Å². The third-order valence-electron chi connectivity index (χ3n) is 4.18. The molecule has 0 atom stereocenters. The maximum atomic E-state index is 12.4. The highest BCUT2D eigenvalue weighted by atomic mass is 16.2. The fourth-order valence-electron chi connectivity index (χ4n) is 2.91. The first kappa shape index (κ1) is 14.5. The maximum absolute atomic E-state index is 12.4. The van der Waals surface area contributed by atoms with Gasteiger partial charge < -0.3 is 10.6 Å². The first-order chi connectivity index (χ1) is 10.7. The Hall–Kier alpha value is -2.43. The van der Waals surface area contributed by atoms with Gasteiger partial charge >= 0.3 is 0 Å². The summed E-state index contributed by atoms with van der Waals surface area (Å²) in [6.07, 6.45) is 8.38. The summed E-state index contributed by atoms with van der Waals surface area (Å²) in [7, 11) is 0. The van der Waals surface area contributed by atoms with Gasteiger partial charge in [-0.25, -0.2) is 4.98 Å². The van der Waals surface area contributed by atoms with Crippen LogP contribution in [-0.4, -0.2) is 33.9 Å². The number of carbonyl (C=O) groups is 1. The van der Waals surface area contributed by atoms with Crippen molar-refractivity contribution in [1.29, 1.82) is 0 Å². The molecule has 0 aliphatic carbocycles. The number of pyridine rings is 2. The van der Waals surface area contributed by atoms with Gasteiger partial charge in [0.25, 0.3) is 5.91 Å². The van der Waals surface area contributed by atoms with Crippen molar-refractivity contribution < 1.29 is 4.79 Å². The molecular weight excluding hydrogens is 276 g/mol. The molecule has 2 N–H and O–H groups in total. The molecule has 114 valence electrons. The minimum atomic E-state index is 0.0485. The molecule has 1 aliphatic heterocycles. The van der Waals surface area contributed by atoms with E-state index in [0.29, 0.717) is 17.3 Å². The highest BCUT2D eigenvalue weighted by Gasteiger charge is 2.23. The second-order valence-corrected chi connectivity index (χ2v) is 5.77. The molecule has 5 nitrogen and oxygen atoms in total. The number of hydrogen-bond donors (Lipinski definition) is 1. The summed E-state index contributed by atoms with van der Waals surface area (Å²) >= 11 is 0. The molecule has 0 radical (unpaired) electrons. The Morgan fingerprint density at radius 2 is 2.05 bits per heavy atom. The summed E-state index contributed by atoms with van der Waals surface area (Å²) in [5.41, 5.74) is 7.44. The van der Waals surface area contributed by atoms with Gasteiger partial charge in [0.2, 0.25) is 0 Å². The zero-order valence-electron chi connectivity index (χ0n) is 12.5. The molecule has 1 fully saturated rings. The van der Waals surface area contributed by atoms with Crippen molar-refractivity contribution >= 4 is 11.7 Å². The lowest BCUT2D eigenvalue weighted by molar-refractivity contribution is 0.0690. The highest BCUT2D eigenvalue weighted by molar-refractivity contribution is 5.94. The number of nitrogens with two attached hydrogens (primary N) is 1. The lowest BCUT2D eigenvalue weighted by Crippen LogP contribution is -2.39. The van der Waals surface area contributed by atoms with E-state index in [4.69, 9.17) is 5.73 Å². The number of amides is 1.